The van der Waals surface area contributed by atoms with Gasteiger partial charge < -0.3 is 10.0 Å². The van der Waals surface area contributed by atoms with Gasteiger partial charge in [0.2, 0.25) is 0 Å². The maximum atomic E-state index is 12.9. The largest absolute Gasteiger partial charge is 0.379 e. The van der Waals surface area contributed by atoms with Crippen LogP contribution in [-0.2, 0) is 4.79 Å². The zero-order valence-corrected chi connectivity index (χ0v) is 16.5. The fraction of sp³-hybridized carbons (Fsp3) is 0.950. The lowest BCUT2D eigenvalue weighted by molar-refractivity contribution is -0.161. The van der Waals surface area contributed by atoms with Gasteiger partial charge in [-0.3, -0.25) is 14.6 Å². The number of aliphatic hydroxyl groups is 1. The normalized spacial score (nSPS) is 31.0. The Bertz CT molecular complexity index is 462. The Kier molecular flexibility index (Phi) is 5.76. The van der Waals surface area contributed by atoms with Crippen molar-refractivity contribution < 1.29 is 9.90 Å². The minimum atomic E-state index is -1.18. The number of carbonyl (C=O) groups excluding carboxylic acids is 1. The molecule has 5 nitrogen and oxygen atoms in total. The summed E-state index contributed by atoms with van der Waals surface area (Å²) in [5.74, 6) is -0.0492. The molecule has 1 atom stereocenters. The molecule has 2 saturated heterocycles. The van der Waals surface area contributed by atoms with Crippen molar-refractivity contribution in [1.29, 1.82) is 0 Å². The molecule has 144 valence electrons. The van der Waals surface area contributed by atoms with Crippen molar-refractivity contribution in [3.05, 3.63) is 0 Å². The van der Waals surface area contributed by atoms with Gasteiger partial charge in [-0.1, -0.05) is 33.6 Å². The smallest absolute Gasteiger partial charge is 0.255 e. The first-order valence-electron chi connectivity index (χ1n) is 10.3. The number of piperazine rings is 1. The molecular formula is C20H37N3O2. The minimum absolute atomic E-state index is 0.0492. The SMILES string of the molecule is CC(C)(C)CN1CCCC(O)(CN2CCN(C3CCCC3)CC2)C1=O. The number of nitrogens with zero attached hydrogens (tertiary/aromatic N) is 3. The maximum Gasteiger partial charge on any atom is 0.255 e. The van der Waals surface area contributed by atoms with Gasteiger partial charge in [-0.2, -0.15) is 0 Å². The standard InChI is InChI=1S/C20H37N3O2/c1-19(2,3)15-23-10-6-9-20(25,18(23)24)16-21-11-13-22(14-12-21)17-7-4-5-8-17/h17,25H,4-16H2,1-3H3. The van der Waals surface area contributed by atoms with E-state index >= 15 is 0 Å². The lowest BCUT2D eigenvalue weighted by Crippen LogP contribution is -2.61. The van der Waals surface area contributed by atoms with E-state index in [0.29, 0.717) is 13.0 Å². The van der Waals surface area contributed by atoms with Gasteiger partial charge in [0.05, 0.1) is 0 Å². The first-order valence-corrected chi connectivity index (χ1v) is 10.3. The third-order valence-electron chi connectivity index (χ3n) is 6.10. The summed E-state index contributed by atoms with van der Waals surface area (Å²) in [5, 5.41) is 11.1. The predicted molar refractivity (Wildman–Crippen MR) is 100 cm³/mol. The number of likely N-dealkylation sites (tertiary alicyclic amines) is 1. The summed E-state index contributed by atoms with van der Waals surface area (Å²) >= 11 is 0. The summed E-state index contributed by atoms with van der Waals surface area (Å²) in [6.45, 7) is 12.6. The molecule has 1 saturated carbocycles. The number of hydrogen-bond acceptors (Lipinski definition) is 4. The Morgan fingerprint density at radius 1 is 1.04 bits per heavy atom. The Hall–Kier alpha value is -0.650. The van der Waals surface area contributed by atoms with Gasteiger partial charge in [0.25, 0.3) is 5.91 Å². The second-order valence-electron chi connectivity index (χ2n) is 9.67. The van der Waals surface area contributed by atoms with Crippen LogP contribution in [0.15, 0.2) is 0 Å². The third kappa shape index (κ3) is 4.75. The summed E-state index contributed by atoms with van der Waals surface area (Å²) < 4.78 is 0. The Morgan fingerprint density at radius 3 is 2.28 bits per heavy atom. The van der Waals surface area contributed by atoms with E-state index in [0.717, 1.165) is 51.7 Å². The fourth-order valence-corrected chi connectivity index (χ4v) is 4.86. The first kappa shape index (κ1) is 19.1. The van der Waals surface area contributed by atoms with Gasteiger partial charge in [0, 0.05) is 51.9 Å². The molecule has 1 aliphatic carbocycles. The molecule has 0 spiro atoms. The zero-order valence-electron chi connectivity index (χ0n) is 16.5. The topological polar surface area (TPSA) is 47.0 Å². The van der Waals surface area contributed by atoms with E-state index in [1.54, 1.807) is 0 Å². The number of hydrogen-bond donors (Lipinski definition) is 1. The van der Waals surface area contributed by atoms with Crippen molar-refractivity contribution in [2.75, 3.05) is 45.8 Å². The van der Waals surface area contributed by atoms with Crippen molar-refractivity contribution >= 4 is 5.91 Å². The van der Waals surface area contributed by atoms with E-state index < -0.39 is 5.60 Å². The average Bonchev–Trinajstić information content (AvgIpc) is 3.06. The monoisotopic (exact) mass is 351 g/mol. The second-order valence-corrected chi connectivity index (χ2v) is 9.67. The third-order valence-corrected chi connectivity index (χ3v) is 6.10. The van der Waals surface area contributed by atoms with E-state index in [1.807, 2.05) is 4.90 Å². The van der Waals surface area contributed by atoms with Gasteiger partial charge in [0.15, 0.2) is 5.60 Å². The van der Waals surface area contributed by atoms with Gasteiger partial charge in [-0.25, -0.2) is 0 Å². The molecule has 2 heterocycles. The molecular weight excluding hydrogens is 314 g/mol. The number of carbonyl (C=O) groups is 1. The van der Waals surface area contributed by atoms with Crippen LogP contribution >= 0.6 is 0 Å². The van der Waals surface area contributed by atoms with Gasteiger partial charge >= 0.3 is 0 Å². The lowest BCUT2D eigenvalue weighted by atomic mass is 9.88. The highest BCUT2D eigenvalue weighted by Crippen LogP contribution is 2.28. The second kappa shape index (κ2) is 7.53. The van der Waals surface area contributed by atoms with Crippen LogP contribution < -0.4 is 0 Å². The molecule has 3 fully saturated rings. The van der Waals surface area contributed by atoms with Gasteiger partial charge in [-0.15, -0.1) is 0 Å². The van der Waals surface area contributed by atoms with E-state index in [2.05, 4.69) is 30.6 Å². The van der Waals surface area contributed by atoms with Crippen molar-refractivity contribution in [2.24, 2.45) is 5.41 Å². The highest BCUT2D eigenvalue weighted by atomic mass is 16.3. The van der Waals surface area contributed by atoms with Crippen LogP contribution in [0.2, 0.25) is 0 Å². The highest BCUT2D eigenvalue weighted by Gasteiger charge is 2.44. The van der Waals surface area contributed by atoms with Crippen LogP contribution in [-0.4, -0.2) is 83.2 Å². The Labute approximate surface area is 153 Å². The molecule has 1 unspecified atom stereocenters. The van der Waals surface area contributed by atoms with Crippen LogP contribution in [0, 0.1) is 5.41 Å². The Balaban J connectivity index is 1.53. The number of piperidine rings is 1. The molecule has 2 aliphatic heterocycles. The first-order chi connectivity index (χ1) is 11.8. The van der Waals surface area contributed by atoms with Gasteiger partial charge in [0.1, 0.15) is 0 Å². The van der Waals surface area contributed by atoms with Crippen LogP contribution in [0.25, 0.3) is 0 Å². The molecule has 0 aromatic heterocycles. The molecule has 3 aliphatic rings. The summed E-state index contributed by atoms with van der Waals surface area (Å²) in [7, 11) is 0. The van der Waals surface area contributed by atoms with Crippen LogP contribution in [0.5, 0.6) is 0 Å². The van der Waals surface area contributed by atoms with E-state index in [9.17, 15) is 9.90 Å². The molecule has 0 aromatic carbocycles. The number of rotatable bonds is 4. The van der Waals surface area contributed by atoms with Crippen molar-refractivity contribution in [2.45, 2.75) is 70.9 Å². The summed E-state index contributed by atoms with van der Waals surface area (Å²) in [4.78, 5) is 19.7. The molecule has 25 heavy (non-hydrogen) atoms. The highest BCUT2D eigenvalue weighted by molar-refractivity contribution is 5.86. The fourth-order valence-electron chi connectivity index (χ4n) is 4.86. The molecule has 0 aromatic rings. The zero-order chi connectivity index (χ0) is 18.1. The predicted octanol–water partition coefficient (Wildman–Crippen LogP) is 1.95. The molecule has 1 amide bonds. The molecule has 0 radical (unpaired) electrons. The van der Waals surface area contributed by atoms with Crippen molar-refractivity contribution in [3.63, 3.8) is 0 Å². The molecule has 0 bridgehead atoms. The molecule has 1 N–H and O–H groups in total. The molecule has 3 rings (SSSR count). The summed E-state index contributed by atoms with van der Waals surface area (Å²) in [6, 6.07) is 0.781. The van der Waals surface area contributed by atoms with Crippen molar-refractivity contribution in [3.8, 4) is 0 Å². The van der Waals surface area contributed by atoms with E-state index in [-0.39, 0.29) is 11.3 Å². The lowest BCUT2D eigenvalue weighted by Gasteiger charge is -2.45. The van der Waals surface area contributed by atoms with Crippen LogP contribution in [0.3, 0.4) is 0 Å². The van der Waals surface area contributed by atoms with E-state index in [1.165, 1.54) is 25.7 Å². The van der Waals surface area contributed by atoms with Crippen LogP contribution in [0.1, 0.15) is 59.3 Å². The Morgan fingerprint density at radius 2 is 1.68 bits per heavy atom. The minimum Gasteiger partial charge on any atom is -0.379 e. The summed E-state index contributed by atoms with van der Waals surface area (Å²) in [6.07, 6.45) is 6.97. The number of β-amino-alcohol motifs (C(OH)–C–C–N with tert-alkyl or cyclic N) is 1. The van der Waals surface area contributed by atoms with Crippen molar-refractivity contribution in [1.82, 2.24) is 14.7 Å². The average molecular weight is 352 g/mol. The maximum absolute atomic E-state index is 12.9. The van der Waals surface area contributed by atoms with E-state index in [4.69, 9.17) is 0 Å². The van der Waals surface area contributed by atoms with Crippen LogP contribution in [0.4, 0.5) is 0 Å². The van der Waals surface area contributed by atoms with Gasteiger partial charge in [-0.05, 0) is 31.1 Å². The number of amides is 1. The summed E-state index contributed by atoms with van der Waals surface area (Å²) in [5.41, 5.74) is -1.11. The molecule has 5 heteroatoms. The quantitative estimate of drug-likeness (QED) is 0.841.